The van der Waals surface area contributed by atoms with Crippen LogP contribution in [0.5, 0.6) is 11.5 Å². The summed E-state index contributed by atoms with van der Waals surface area (Å²) >= 11 is 12.9. The van der Waals surface area contributed by atoms with Crippen molar-refractivity contribution >= 4 is 58.1 Å². The molecule has 0 saturated heterocycles. The molecule has 2 heterocycles. The van der Waals surface area contributed by atoms with Crippen LogP contribution in [0.3, 0.4) is 0 Å². The Labute approximate surface area is 459 Å². The van der Waals surface area contributed by atoms with E-state index in [0.29, 0.717) is 40.7 Å². The summed E-state index contributed by atoms with van der Waals surface area (Å²) in [4.78, 5) is 50.5. The van der Waals surface area contributed by atoms with Gasteiger partial charge in [-0.1, -0.05) is 152 Å². The molecule has 2 aliphatic rings. The number of Topliss-reactive ketones (excluding diaryl/α,β-unsaturated/α-hetero) is 1. The van der Waals surface area contributed by atoms with Crippen LogP contribution in [0, 0.1) is 0 Å². The van der Waals surface area contributed by atoms with E-state index in [1.807, 2.05) is 91.9 Å². The number of aryl methyl sites for hydroxylation is 2. The summed E-state index contributed by atoms with van der Waals surface area (Å²) in [7, 11) is 0. The number of carbonyl (C=O) groups excluding carboxylic acids is 3. The first-order valence-electron chi connectivity index (χ1n) is 25.6. The van der Waals surface area contributed by atoms with Gasteiger partial charge in [0.05, 0.1) is 18.3 Å². The van der Waals surface area contributed by atoms with Gasteiger partial charge < -0.3 is 20.0 Å². The molecule has 0 aromatic heterocycles. The normalized spacial score (nSPS) is 16.9. The molecule has 390 valence electrons. The number of hydrogen-bond donors (Lipinski definition) is 5. The topological polar surface area (TPSA) is 167 Å². The number of halogens is 2. The third-order valence-electron chi connectivity index (χ3n) is 14.2. The molecule has 8 aromatic carbocycles. The smallest absolute Gasteiger partial charge is 0.430 e. The Morgan fingerprint density at radius 2 is 1.43 bits per heavy atom. The maximum atomic E-state index is 14.8. The van der Waals surface area contributed by atoms with Crippen molar-refractivity contribution in [2.75, 3.05) is 10.2 Å². The SMILES string of the molecule is CC1(Cc2ccccc2-c2ccccc2)NC(c2ccc(O)cc2)c2cc(Cl)ccc2N(Cc2cccc(O)c2)C1=O.CCc1ccc(CC2N=C(c3ccc(NC(=O)ON)cc3)c3cc(Cl)ccc3CC2=O)cc1CC. The van der Waals surface area contributed by atoms with E-state index in [1.165, 1.54) is 11.1 Å². The first-order valence-corrected chi connectivity index (χ1v) is 26.4. The van der Waals surface area contributed by atoms with Crippen LogP contribution < -0.4 is 21.4 Å². The number of amides is 2. The van der Waals surface area contributed by atoms with E-state index in [4.69, 9.17) is 34.1 Å². The number of phenolic OH excluding ortho intramolecular Hbond substituents is 2. The van der Waals surface area contributed by atoms with Crippen LogP contribution in [0.4, 0.5) is 16.2 Å². The van der Waals surface area contributed by atoms with E-state index < -0.39 is 23.7 Å². The van der Waals surface area contributed by atoms with Gasteiger partial charge in [0.1, 0.15) is 23.1 Å². The summed E-state index contributed by atoms with van der Waals surface area (Å²) in [5.74, 6) is 5.19. The van der Waals surface area contributed by atoms with E-state index >= 15 is 0 Å². The molecule has 2 aliphatic heterocycles. The highest BCUT2D eigenvalue weighted by Crippen LogP contribution is 2.41. The van der Waals surface area contributed by atoms with Crippen molar-refractivity contribution in [2.45, 2.75) is 77.0 Å². The summed E-state index contributed by atoms with van der Waals surface area (Å²) in [5, 5.41) is 27.6. The number of nitrogens with one attached hydrogen (secondary N) is 2. The minimum absolute atomic E-state index is 0.0742. The Kier molecular flexibility index (Phi) is 16.7. The van der Waals surface area contributed by atoms with Crippen LogP contribution in [-0.2, 0) is 53.1 Å². The Morgan fingerprint density at radius 1 is 0.714 bits per heavy atom. The molecule has 10 rings (SSSR count). The van der Waals surface area contributed by atoms with Gasteiger partial charge >= 0.3 is 6.09 Å². The molecule has 2 amide bonds. The Balaban J connectivity index is 0.000000191. The van der Waals surface area contributed by atoms with E-state index in [2.05, 4.69) is 71.8 Å². The van der Waals surface area contributed by atoms with Crippen LogP contribution >= 0.6 is 23.2 Å². The summed E-state index contributed by atoms with van der Waals surface area (Å²) < 4.78 is 0. The minimum Gasteiger partial charge on any atom is -0.508 e. The van der Waals surface area contributed by atoms with Gasteiger partial charge in [-0.2, -0.15) is 5.90 Å². The first-order chi connectivity index (χ1) is 37.2. The minimum atomic E-state index is -1.05. The van der Waals surface area contributed by atoms with Crippen molar-refractivity contribution in [2.24, 2.45) is 10.9 Å². The van der Waals surface area contributed by atoms with E-state index in [1.54, 1.807) is 59.5 Å². The summed E-state index contributed by atoms with van der Waals surface area (Å²) in [6.45, 7) is 6.52. The van der Waals surface area contributed by atoms with Crippen molar-refractivity contribution < 1.29 is 29.4 Å². The summed E-state index contributed by atoms with van der Waals surface area (Å²) in [6, 6.07) is 56.2. The molecule has 13 heteroatoms. The van der Waals surface area contributed by atoms with Gasteiger partial charge in [0.2, 0.25) is 5.91 Å². The van der Waals surface area contributed by atoms with Crippen LogP contribution in [0.1, 0.15) is 82.4 Å². The standard InChI is InChI=1S/C36H31ClN2O3.C28H28ClN3O3/c1-36(22-27-11-5-6-13-31(27)25-9-3-2-4-10-25)35(42)39(23-24-8-7-12-30(41)20-24)33-19-16-28(37)21-32(33)34(38-36)26-14-17-29(40)18-15-26;1-3-18-6-5-17(13-19(18)4-2)14-25-26(33)15-21-7-10-22(29)16-24(21)27(32-25)20-8-11-23(12-9-20)31-28(34)35-30/h2-21,34,38,40-41H,22-23H2,1H3;5-13,16,25H,3-4,14-15,30H2,1-2H3,(H,31,34). The van der Waals surface area contributed by atoms with Gasteiger partial charge in [0.25, 0.3) is 0 Å². The van der Waals surface area contributed by atoms with Crippen molar-refractivity contribution in [3.05, 3.63) is 248 Å². The molecule has 0 saturated carbocycles. The highest BCUT2D eigenvalue weighted by molar-refractivity contribution is 6.31. The fraction of sp³-hybridized carbons (Fsp3) is 0.188. The lowest BCUT2D eigenvalue weighted by Gasteiger charge is -2.35. The van der Waals surface area contributed by atoms with Crippen LogP contribution in [0.15, 0.2) is 187 Å². The zero-order valence-corrected chi connectivity index (χ0v) is 44.5. The van der Waals surface area contributed by atoms with Gasteiger partial charge in [0, 0.05) is 45.4 Å². The average Bonchev–Trinajstić information content (AvgIpc) is 3.66. The van der Waals surface area contributed by atoms with Crippen molar-refractivity contribution in [3.63, 3.8) is 0 Å². The molecule has 0 fully saturated rings. The number of aliphatic imine (C=N–C) groups is 1. The highest BCUT2D eigenvalue weighted by atomic mass is 35.5. The zero-order chi connectivity index (χ0) is 54.2. The summed E-state index contributed by atoms with van der Waals surface area (Å²) in [5.41, 5.74) is 13.0. The van der Waals surface area contributed by atoms with E-state index in [-0.39, 0.29) is 29.7 Å². The fourth-order valence-corrected chi connectivity index (χ4v) is 10.7. The van der Waals surface area contributed by atoms with Crippen LogP contribution in [0.25, 0.3) is 11.1 Å². The van der Waals surface area contributed by atoms with Gasteiger partial charge in [-0.3, -0.25) is 25.2 Å². The predicted molar refractivity (Wildman–Crippen MR) is 307 cm³/mol. The molecule has 11 nitrogen and oxygen atoms in total. The van der Waals surface area contributed by atoms with Crippen LogP contribution in [0.2, 0.25) is 10.0 Å². The molecule has 0 aliphatic carbocycles. The third kappa shape index (κ3) is 12.5. The van der Waals surface area contributed by atoms with E-state index in [0.717, 1.165) is 74.2 Å². The van der Waals surface area contributed by atoms with Gasteiger partial charge in [0.15, 0.2) is 5.78 Å². The Bertz CT molecular complexity index is 3480. The molecule has 3 atom stereocenters. The second-order valence-electron chi connectivity index (χ2n) is 19.5. The molecular formula is C64H59Cl2N5O6. The largest absolute Gasteiger partial charge is 0.508 e. The number of rotatable bonds is 12. The molecule has 8 aromatic rings. The number of nitrogens with two attached hydrogens (primary N) is 1. The molecule has 0 bridgehead atoms. The van der Waals surface area contributed by atoms with Crippen molar-refractivity contribution in [1.82, 2.24) is 5.32 Å². The molecule has 6 N–H and O–H groups in total. The lowest BCUT2D eigenvalue weighted by molar-refractivity contribution is -0.124. The Hall–Kier alpha value is -8.06. The third-order valence-corrected chi connectivity index (χ3v) is 14.7. The molecule has 0 radical (unpaired) electrons. The Morgan fingerprint density at radius 3 is 2.16 bits per heavy atom. The number of ketones is 1. The molecule has 0 spiro atoms. The number of phenols is 2. The monoisotopic (exact) mass is 1060 g/mol. The van der Waals surface area contributed by atoms with Gasteiger partial charge in [-0.15, -0.1) is 0 Å². The lowest BCUT2D eigenvalue weighted by atomic mass is 9.86. The number of nitrogens with zero attached hydrogens (tertiary/aromatic N) is 2. The quantitative estimate of drug-likeness (QED) is 0.0754. The highest BCUT2D eigenvalue weighted by Gasteiger charge is 2.44. The maximum absolute atomic E-state index is 14.8. The number of aromatic hydroxyl groups is 2. The second kappa shape index (κ2) is 23.9. The van der Waals surface area contributed by atoms with Gasteiger partial charge in [-0.05, 0) is 149 Å². The van der Waals surface area contributed by atoms with E-state index in [9.17, 15) is 24.6 Å². The molecule has 77 heavy (non-hydrogen) atoms. The van der Waals surface area contributed by atoms with Gasteiger partial charge in [-0.25, -0.2) is 4.79 Å². The van der Waals surface area contributed by atoms with Crippen LogP contribution in [-0.4, -0.2) is 45.3 Å². The molecule has 3 unspecified atom stereocenters. The maximum Gasteiger partial charge on any atom is 0.430 e. The molecular weight excluding hydrogens is 1010 g/mol. The number of benzene rings is 8. The number of carbonyl (C=O) groups is 3. The lowest BCUT2D eigenvalue weighted by Crippen LogP contribution is -2.56. The zero-order valence-electron chi connectivity index (χ0n) is 43.0. The average molecular weight is 1070 g/mol. The first kappa shape index (κ1) is 53.8. The van der Waals surface area contributed by atoms with Crippen molar-refractivity contribution in [1.29, 1.82) is 0 Å². The predicted octanol–water partition coefficient (Wildman–Crippen LogP) is 13.1. The van der Waals surface area contributed by atoms with Crippen molar-refractivity contribution in [3.8, 4) is 22.6 Å². The number of fused-ring (bicyclic) bond motifs is 2. The fourth-order valence-electron chi connectivity index (χ4n) is 10.4. The summed E-state index contributed by atoms with van der Waals surface area (Å²) in [6.07, 6.45) is 2.42. The second-order valence-corrected chi connectivity index (χ2v) is 20.4. The number of hydrogen-bond acceptors (Lipinski definition) is 9. The number of anilines is 2.